The number of nitrogens with zero attached hydrogens (tertiary/aromatic N) is 2. The SMILES string of the molecule is C[C@@H]1[C@@H](NC(=O)[C@@H]2[C@H]([C@H](C)O)[C@H](C)ON2Cc2cccc(-c3cccc(C(=O)NCCCN(C)C)c3)c2)C[C@H]2C[C@@H]1C2(C)C. The third kappa shape index (κ3) is 6.74. The Balaban J connectivity index is 1.29. The highest BCUT2D eigenvalue weighted by molar-refractivity contribution is 5.95. The Hall–Kier alpha value is -2.78. The van der Waals surface area contributed by atoms with E-state index in [1.165, 1.54) is 6.42 Å². The lowest BCUT2D eigenvalue weighted by Gasteiger charge is -2.62. The van der Waals surface area contributed by atoms with Crippen molar-refractivity contribution in [3.05, 3.63) is 59.7 Å². The first-order chi connectivity index (χ1) is 20.9. The van der Waals surface area contributed by atoms with Crippen LogP contribution in [0.25, 0.3) is 11.1 Å². The Morgan fingerprint density at radius 1 is 1.09 bits per heavy atom. The smallest absolute Gasteiger partial charge is 0.251 e. The Kier molecular flexibility index (Phi) is 9.85. The molecule has 3 aliphatic carbocycles. The van der Waals surface area contributed by atoms with Crippen LogP contribution in [-0.2, 0) is 16.2 Å². The number of fused-ring (bicyclic) bond motifs is 2. The minimum absolute atomic E-state index is 0.0587. The van der Waals surface area contributed by atoms with Gasteiger partial charge in [0.25, 0.3) is 5.91 Å². The number of carbonyl (C=O) groups is 2. The lowest BCUT2D eigenvalue weighted by molar-refractivity contribution is -0.174. The van der Waals surface area contributed by atoms with E-state index >= 15 is 0 Å². The van der Waals surface area contributed by atoms with E-state index in [4.69, 9.17) is 4.84 Å². The maximum atomic E-state index is 13.9. The lowest BCUT2D eigenvalue weighted by atomic mass is 9.45. The van der Waals surface area contributed by atoms with Gasteiger partial charge in [0.05, 0.1) is 18.8 Å². The lowest BCUT2D eigenvalue weighted by Crippen LogP contribution is -2.62. The van der Waals surface area contributed by atoms with Gasteiger partial charge in [0, 0.05) is 24.1 Å². The van der Waals surface area contributed by atoms with E-state index in [9.17, 15) is 14.7 Å². The zero-order chi connectivity index (χ0) is 31.8. The zero-order valence-corrected chi connectivity index (χ0v) is 27.5. The number of benzene rings is 2. The van der Waals surface area contributed by atoms with Crippen LogP contribution in [0.15, 0.2) is 48.5 Å². The molecule has 3 N–H and O–H groups in total. The van der Waals surface area contributed by atoms with Gasteiger partial charge in [0.2, 0.25) is 5.91 Å². The predicted molar refractivity (Wildman–Crippen MR) is 174 cm³/mol. The highest BCUT2D eigenvalue weighted by Gasteiger charge is 2.57. The van der Waals surface area contributed by atoms with Gasteiger partial charge in [0.15, 0.2) is 0 Å². The molecule has 44 heavy (non-hydrogen) atoms. The van der Waals surface area contributed by atoms with Gasteiger partial charge in [-0.2, -0.15) is 5.06 Å². The number of hydrogen-bond acceptors (Lipinski definition) is 6. The topological polar surface area (TPSA) is 94.1 Å². The number of hydrogen-bond donors (Lipinski definition) is 3. The molecule has 8 heteroatoms. The van der Waals surface area contributed by atoms with E-state index in [0.29, 0.717) is 41.8 Å². The highest BCUT2D eigenvalue weighted by Crippen LogP contribution is 2.61. The van der Waals surface area contributed by atoms with Crippen molar-refractivity contribution >= 4 is 11.8 Å². The monoisotopic (exact) mass is 604 g/mol. The van der Waals surface area contributed by atoms with Crippen molar-refractivity contribution in [3.63, 3.8) is 0 Å². The van der Waals surface area contributed by atoms with Gasteiger partial charge in [0.1, 0.15) is 6.04 Å². The molecule has 2 aromatic carbocycles. The van der Waals surface area contributed by atoms with Crippen molar-refractivity contribution < 1.29 is 19.5 Å². The van der Waals surface area contributed by atoms with Crippen molar-refractivity contribution in [3.8, 4) is 11.1 Å². The number of nitrogens with one attached hydrogen (secondary N) is 2. The number of rotatable bonds is 11. The fraction of sp³-hybridized carbons (Fsp3) is 0.611. The summed E-state index contributed by atoms with van der Waals surface area (Å²) in [5.41, 5.74) is 3.91. The van der Waals surface area contributed by atoms with Crippen LogP contribution in [0, 0.1) is 29.1 Å². The van der Waals surface area contributed by atoms with Crippen LogP contribution in [0.2, 0.25) is 0 Å². The van der Waals surface area contributed by atoms with Gasteiger partial charge >= 0.3 is 0 Å². The Labute approximate surface area is 263 Å². The van der Waals surface area contributed by atoms with Crippen LogP contribution >= 0.6 is 0 Å². The summed E-state index contributed by atoms with van der Waals surface area (Å²) < 4.78 is 0. The van der Waals surface area contributed by atoms with Crippen LogP contribution in [0.1, 0.15) is 69.8 Å². The summed E-state index contributed by atoms with van der Waals surface area (Å²) in [6.45, 7) is 12.7. The number of carbonyl (C=O) groups excluding carboxylic acids is 2. The maximum absolute atomic E-state index is 13.9. The molecule has 1 heterocycles. The van der Waals surface area contributed by atoms with Crippen LogP contribution in [-0.4, -0.2) is 78.4 Å². The molecular weight excluding hydrogens is 552 g/mol. The third-order valence-corrected chi connectivity index (χ3v) is 10.8. The molecule has 6 rings (SSSR count). The Morgan fingerprint density at radius 2 is 1.80 bits per heavy atom. The number of aliphatic hydroxyl groups excluding tert-OH is 1. The molecule has 4 fully saturated rings. The third-order valence-electron chi connectivity index (χ3n) is 10.8. The molecule has 2 bridgehead atoms. The number of hydroxylamine groups is 2. The average molecular weight is 605 g/mol. The molecule has 240 valence electrons. The van der Waals surface area contributed by atoms with Gasteiger partial charge in [-0.15, -0.1) is 0 Å². The first-order valence-corrected chi connectivity index (χ1v) is 16.4. The van der Waals surface area contributed by atoms with E-state index in [0.717, 1.165) is 36.1 Å². The van der Waals surface area contributed by atoms with Crippen molar-refractivity contribution in [2.75, 3.05) is 27.2 Å². The Morgan fingerprint density at radius 3 is 2.45 bits per heavy atom. The van der Waals surface area contributed by atoms with Gasteiger partial charge < -0.3 is 20.6 Å². The second-order valence-electron chi connectivity index (χ2n) is 14.4. The van der Waals surface area contributed by atoms with Gasteiger partial charge in [-0.05, 0) is 112 Å². The number of aliphatic hydroxyl groups is 1. The fourth-order valence-corrected chi connectivity index (χ4v) is 8.07. The first kappa shape index (κ1) is 32.6. The molecule has 8 nitrogen and oxygen atoms in total. The molecule has 0 aromatic heterocycles. The number of amides is 2. The van der Waals surface area contributed by atoms with Crippen LogP contribution in [0.5, 0.6) is 0 Å². The molecule has 2 amide bonds. The van der Waals surface area contributed by atoms with E-state index in [2.05, 4.69) is 42.4 Å². The van der Waals surface area contributed by atoms with E-state index < -0.39 is 12.1 Å². The normalized spacial score (nSPS) is 30.1. The predicted octanol–water partition coefficient (Wildman–Crippen LogP) is 4.72. The largest absolute Gasteiger partial charge is 0.393 e. The second kappa shape index (κ2) is 13.3. The Bertz CT molecular complexity index is 1330. The summed E-state index contributed by atoms with van der Waals surface area (Å²) in [5, 5.41) is 18.9. The molecule has 3 saturated carbocycles. The summed E-state index contributed by atoms with van der Waals surface area (Å²) in [5.74, 6) is 1.22. The van der Waals surface area contributed by atoms with Gasteiger partial charge in [-0.3, -0.25) is 14.4 Å². The average Bonchev–Trinajstić information content (AvgIpc) is 3.31. The molecule has 1 saturated heterocycles. The molecule has 0 radical (unpaired) electrons. The van der Waals surface area contributed by atoms with Crippen molar-refractivity contribution in [1.29, 1.82) is 0 Å². The van der Waals surface area contributed by atoms with Crippen molar-refractivity contribution in [1.82, 2.24) is 20.6 Å². The van der Waals surface area contributed by atoms with Crippen LogP contribution in [0.4, 0.5) is 0 Å². The summed E-state index contributed by atoms with van der Waals surface area (Å²) in [7, 11) is 4.05. The maximum Gasteiger partial charge on any atom is 0.251 e. The molecule has 2 aromatic rings. The summed E-state index contributed by atoms with van der Waals surface area (Å²) >= 11 is 0. The summed E-state index contributed by atoms with van der Waals surface area (Å²) in [6.07, 6.45) is 2.18. The van der Waals surface area contributed by atoms with Crippen LogP contribution < -0.4 is 10.6 Å². The van der Waals surface area contributed by atoms with E-state index in [1.807, 2.05) is 63.5 Å². The first-order valence-electron chi connectivity index (χ1n) is 16.4. The van der Waals surface area contributed by atoms with E-state index in [1.54, 1.807) is 12.0 Å². The molecule has 8 atom stereocenters. The fourth-order valence-electron chi connectivity index (χ4n) is 8.07. The summed E-state index contributed by atoms with van der Waals surface area (Å²) in [6, 6.07) is 15.4. The van der Waals surface area contributed by atoms with Gasteiger partial charge in [-0.25, -0.2) is 0 Å². The molecule has 1 aliphatic heterocycles. The molecule has 0 unspecified atom stereocenters. The summed E-state index contributed by atoms with van der Waals surface area (Å²) in [4.78, 5) is 35.1. The zero-order valence-electron chi connectivity index (χ0n) is 27.5. The van der Waals surface area contributed by atoms with Crippen molar-refractivity contribution in [2.24, 2.45) is 29.1 Å². The molecule has 0 spiro atoms. The molecular formula is C36H52N4O4. The van der Waals surface area contributed by atoms with Gasteiger partial charge in [-0.1, -0.05) is 51.1 Å². The quantitative estimate of drug-likeness (QED) is 0.322. The van der Waals surface area contributed by atoms with Crippen molar-refractivity contribution in [2.45, 2.75) is 84.7 Å². The van der Waals surface area contributed by atoms with Crippen LogP contribution in [0.3, 0.4) is 0 Å². The standard InChI is InChI=1S/C36H52N4O4/c1-22-30-19-29(36(30,4)5)20-31(22)38-35(43)33-32(23(2)41)24(3)44-40(33)21-25-11-8-12-26(17-25)27-13-9-14-28(18-27)34(42)37-15-10-16-39(6)7/h8-9,11-14,17-18,22-24,29-33,41H,10,15-16,19-21H2,1-7H3,(H,37,42)(H,38,43)/t22-,23-,24-,29+,30-,31-,32+,33-/m0/s1. The minimum Gasteiger partial charge on any atom is -0.393 e. The highest BCUT2D eigenvalue weighted by atomic mass is 16.7. The second-order valence-corrected chi connectivity index (χ2v) is 14.4. The minimum atomic E-state index is -0.690. The molecule has 4 aliphatic rings. The van der Waals surface area contributed by atoms with E-state index in [-0.39, 0.29) is 29.9 Å².